The van der Waals surface area contributed by atoms with Crippen LogP contribution in [0.15, 0.2) is 24.3 Å². The summed E-state index contributed by atoms with van der Waals surface area (Å²) in [6, 6.07) is 6.72. The molecule has 4 nitrogen and oxygen atoms in total. The fourth-order valence-electron chi connectivity index (χ4n) is 1.57. The van der Waals surface area contributed by atoms with Gasteiger partial charge in [0, 0.05) is 0 Å². The molecule has 0 radical (unpaired) electrons. The molecule has 0 aliphatic carbocycles. The van der Waals surface area contributed by atoms with Crippen molar-refractivity contribution >= 4 is 17.7 Å². The molecule has 18 heavy (non-hydrogen) atoms. The summed E-state index contributed by atoms with van der Waals surface area (Å²) in [5.74, 6) is 0.511. The van der Waals surface area contributed by atoms with Crippen LogP contribution in [0.4, 0.5) is 0 Å². The van der Waals surface area contributed by atoms with E-state index in [0.29, 0.717) is 17.6 Å². The number of benzene rings is 1. The molecule has 1 fully saturated rings. The Balaban J connectivity index is 1.70. The Kier molecular flexibility index (Phi) is 4.90. The molecule has 0 spiro atoms. The number of rotatable bonds is 7. The molecule has 1 heterocycles. The molecule has 2 rings (SSSR count). The summed E-state index contributed by atoms with van der Waals surface area (Å²) in [6.07, 6.45) is 0.912. The van der Waals surface area contributed by atoms with Gasteiger partial charge in [-0.15, -0.1) is 0 Å². The Morgan fingerprint density at radius 3 is 2.89 bits per heavy atom. The molecule has 1 aromatic rings. The third kappa shape index (κ3) is 3.65. The average Bonchev–Trinajstić information content (AvgIpc) is 2.31. The predicted molar refractivity (Wildman–Crippen MR) is 70.6 cm³/mol. The van der Waals surface area contributed by atoms with Gasteiger partial charge in [0.15, 0.2) is 0 Å². The molecule has 0 saturated carbocycles. The molecule has 1 saturated heterocycles. The van der Waals surface area contributed by atoms with Crippen LogP contribution in [0.2, 0.25) is 0 Å². The van der Waals surface area contributed by atoms with Crippen molar-refractivity contribution in [1.82, 2.24) is 0 Å². The van der Waals surface area contributed by atoms with E-state index in [1.807, 2.05) is 11.8 Å². The first-order valence-electron chi connectivity index (χ1n) is 5.92. The molecular formula is C13H16O4S. The van der Waals surface area contributed by atoms with Crippen LogP contribution in [0.5, 0.6) is 5.75 Å². The maximum Gasteiger partial charge on any atom is 0.339 e. The Morgan fingerprint density at radius 2 is 2.22 bits per heavy atom. The molecular weight excluding hydrogens is 252 g/mol. The molecule has 5 heteroatoms. The van der Waals surface area contributed by atoms with Gasteiger partial charge in [-0.1, -0.05) is 12.1 Å². The largest absolute Gasteiger partial charge is 0.493 e. The first-order valence-corrected chi connectivity index (χ1v) is 6.96. The normalized spacial score (nSPS) is 15.1. The van der Waals surface area contributed by atoms with Gasteiger partial charge in [-0.3, -0.25) is 0 Å². The number of ether oxygens (including phenoxy) is 2. The molecule has 98 valence electrons. The average molecular weight is 268 g/mol. The second-order valence-corrected chi connectivity index (χ2v) is 5.44. The molecule has 0 unspecified atom stereocenters. The van der Waals surface area contributed by atoms with E-state index in [0.717, 1.165) is 25.4 Å². The van der Waals surface area contributed by atoms with E-state index in [4.69, 9.17) is 14.6 Å². The highest BCUT2D eigenvalue weighted by Crippen LogP contribution is 2.21. The van der Waals surface area contributed by atoms with E-state index in [2.05, 4.69) is 0 Å². The topological polar surface area (TPSA) is 55.8 Å². The molecule has 1 N–H and O–H groups in total. The van der Waals surface area contributed by atoms with E-state index in [-0.39, 0.29) is 5.56 Å². The highest BCUT2D eigenvalue weighted by molar-refractivity contribution is 8.00. The molecule has 0 amide bonds. The zero-order valence-electron chi connectivity index (χ0n) is 10.0. The number of thioether (sulfide) groups is 1. The van der Waals surface area contributed by atoms with Crippen molar-refractivity contribution in [2.24, 2.45) is 0 Å². The Hall–Kier alpha value is -1.20. The summed E-state index contributed by atoms with van der Waals surface area (Å²) in [4.78, 5) is 10.9. The summed E-state index contributed by atoms with van der Waals surface area (Å²) in [7, 11) is 0. The lowest BCUT2D eigenvalue weighted by molar-refractivity contribution is 0.0455. The summed E-state index contributed by atoms with van der Waals surface area (Å²) < 4.78 is 10.6. The van der Waals surface area contributed by atoms with Crippen LogP contribution in [-0.4, -0.2) is 41.9 Å². The van der Waals surface area contributed by atoms with E-state index >= 15 is 0 Å². The number of carboxylic acids is 1. The minimum absolute atomic E-state index is 0.220. The predicted octanol–water partition coefficient (Wildman–Crippen LogP) is 2.29. The minimum Gasteiger partial charge on any atom is -0.493 e. The summed E-state index contributed by atoms with van der Waals surface area (Å²) in [5, 5.41) is 9.62. The van der Waals surface area contributed by atoms with Crippen molar-refractivity contribution in [2.45, 2.75) is 11.7 Å². The summed E-state index contributed by atoms with van der Waals surface area (Å²) >= 11 is 1.89. The van der Waals surface area contributed by atoms with Crippen molar-refractivity contribution in [3.8, 4) is 5.75 Å². The molecule has 0 aromatic heterocycles. The van der Waals surface area contributed by atoms with E-state index in [1.54, 1.807) is 24.3 Å². The molecule has 0 bridgehead atoms. The van der Waals surface area contributed by atoms with Crippen LogP contribution in [0.25, 0.3) is 0 Å². The van der Waals surface area contributed by atoms with Gasteiger partial charge in [-0.2, -0.15) is 11.8 Å². The van der Waals surface area contributed by atoms with Crippen molar-refractivity contribution in [1.29, 1.82) is 0 Å². The molecule has 1 aromatic carbocycles. The Bertz CT molecular complexity index is 404. The number of para-hydroxylation sites is 1. The van der Waals surface area contributed by atoms with Crippen LogP contribution >= 0.6 is 11.8 Å². The maximum absolute atomic E-state index is 10.9. The molecule has 1 aliphatic rings. The fraction of sp³-hybridized carbons (Fsp3) is 0.462. The number of aromatic carboxylic acids is 1. The first kappa shape index (κ1) is 13.2. The monoisotopic (exact) mass is 268 g/mol. The SMILES string of the molecule is O=C(O)c1ccccc1OCCCSC1COC1. The van der Waals surface area contributed by atoms with Crippen LogP contribution in [0.1, 0.15) is 16.8 Å². The molecule has 0 atom stereocenters. The van der Waals surface area contributed by atoms with Crippen molar-refractivity contribution < 1.29 is 19.4 Å². The summed E-state index contributed by atoms with van der Waals surface area (Å²) in [5.41, 5.74) is 0.220. The van der Waals surface area contributed by atoms with Crippen LogP contribution in [0.3, 0.4) is 0 Å². The van der Waals surface area contributed by atoms with Gasteiger partial charge in [-0.05, 0) is 24.3 Å². The van der Waals surface area contributed by atoms with Gasteiger partial charge < -0.3 is 14.6 Å². The van der Waals surface area contributed by atoms with Gasteiger partial charge >= 0.3 is 5.97 Å². The third-order valence-corrected chi connectivity index (χ3v) is 3.89. The van der Waals surface area contributed by atoms with E-state index < -0.39 is 5.97 Å². The summed E-state index contributed by atoms with van der Waals surface area (Å²) in [6.45, 7) is 2.26. The number of hydrogen-bond acceptors (Lipinski definition) is 4. The van der Waals surface area contributed by atoms with Crippen molar-refractivity contribution in [2.75, 3.05) is 25.6 Å². The van der Waals surface area contributed by atoms with Gasteiger partial charge in [0.1, 0.15) is 11.3 Å². The highest BCUT2D eigenvalue weighted by Gasteiger charge is 2.17. The van der Waals surface area contributed by atoms with Crippen LogP contribution < -0.4 is 4.74 Å². The fourth-order valence-corrected chi connectivity index (χ4v) is 2.57. The van der Waals surface area contributed by atoms with E-state index in [1.165, 1.54) is 0 Å². The van der Waals surface area contributed by atoms with Crippen LogP contribution in [-0.2, 0) is 4.74 Å². The second-order valence-electron chi connectivity index (χ2n) is 4.03. The van der Waals surface area contributed by atoms with Crippen LogP contribution in [0, 0.1) is 0 Å². The highest BCUT2D eigenvalue weighted by atomic mass is 32.2. The minimum atomic E-state index is -0.952. The standard InChI is InChI=1S/C13H16O4S/c14-13(15)11-4-1-2-5-12(11)17-6-3-7-18-10-8-16-9-10/h1-2,4-5,10H,3,6-9H2,(H,14,15). The Morgan fingerprint density at radius 1 is 1.44 bits per heavy atom. The number of carbonyl (C=O) groups is 1. The zero-order valence-corrected chi connectivity index (χ0v) is 10.8. The molecule has 1 aliphatic heterocycles. The van der Waals surface area contributed by atoms with Gasteiger partial charge in [0.05, 0.1) is 25.1 Å². The first-order chi connectivity index (χ1) is 8.77. The zero-order chi connectivity index (χ0) is 12.8. The quantitative estimate of drug-likeness (QED) is 0.769. The lowest BCUT2D eigenvalue weighted by Crippen LogP contribution is -2.30. The number of carboxylic acid groups (broad SMARTS) is 1. The van der Waals surface area contributed by atoms with Gasteiger partial charge in [-0.25, -0.2) is 4.79 Å². The second kappa shape index (κ2) is 6.66. The van der Waals surface area contributed by atoms with Gasteiger partial charge in [0.2, 0.25) is 0 Å². The Labute approximate surface area is 110 Å². The maximum atomic E-state index is 10.9. The van der Waals surface area contributed by atoms with E-state index in [9.17, 15) is 4.79 Å². The third-order valence-electron chi connectivity index (χ3n) is 2.62. The van der Waals surface area contributed by atoms with Crippen molar-refractivity contribution in [3.05, 3.63) is 29.8 Å². The lowest BCUT2D eigenvalue weighted by Gasteiger charge is -2.25. The lowest BCUT2D eigenvalue weighted by atomic mass is 10.2. The smallest absolute Gasteiger partial charge is 0.339 e. The van der Waals surface area contributed by atoms with Gasteiger partial charge in [0.25, 0.3) is 0 Å². The van der Waals surface area contributed by atoms with Crippen molar-refractivity contribution in [3.63, 3.8) is 0 Å². The number of hydrogen-bond donors (Lipinski definition) is 1.